The highest BCUT2D eigenvalue weighted by molar-refractivity contribution is 5.94. The van der Waals surface area contributed by atoms with Gasteiger partial charge in [0.1, 0.15) is 11.9 Å². The summed E-state index contributed by atoms with van der Waals surface area (Å²) in [5, 5.41) is 8.87. The van der Waals surface area contributed by atoms with E-state index in [1.165, 1.54) is 0 Å². The molecule has 0 saturated carbocycles. The first kappa shape index (κ1) is 19.2. The number of carbonyl (C=O) groups excluding carboxylic acids is 1. The lowest BCUT2D eigenvalue weighted by Crippen LogP contribution is -2.44. The first-order valence-corrected chi connectivity index (χ1v) is 8.45. The Bertz CT molecular complexity index is 734. The van der Waals surface area contributed by atoms with Crippen LogP contribution in [0.4, 0.5) is 5.69 Å². The zero-order valence-electron chi connectivity index (χ0n) is 15.3. The van der Waals surface area contributed by atoms with Crippen LogP contribution >= 0.6 is 0 Å². The Balaban J connectivity index is 1.73. The second kappa shape index (κ2) is 10.0. The Morgan fingerprint density at radius 1 is 1.23 bits per heavy atom. The summed E-state index contributed by atoms with van der Waals surface area (Å²) in [5.41, 5.74) is 1.75. The van der Waals surface area contributed by atoms with Crippen LogP contribution in [0.15, 0.2) is 53.8 Å². The minimum absolute atomic E-state index is 0.0566. The lowest BCUT2D eigenvalue weighted by molar-refractivity contribution is -0.115. The quantitative estimate of drug-likeness (QED) is 0.522. The molecule has 1 amide bonds. The van der Waals surface area contributed by atoms with Crippen molar-refractivity contribution >= 4 is 17.6 Å². The third-order valence-corrected chi connectivity index (χ3v) is 3.56. The smallest absolute Gasteiger partial charge is 0.243 e. The predicted molar refractivity (Wildman–Crippen MR) is 104 cm³/mol. The first-order valence-electron chi connectivity index (χ1n) is 8.45. The number of benzene rings is 1. The van der Waals surface area contributed by atoms with Gasteiger partial charge in [0.25, 0.3) is 0 Å². The molecule has 1 unspecified atom stereocenters. The van der Waals surface area contributed by atoms with Gasteiger partial charge in [-0.1, -0.05) is 18.2 Å². The van der Waals surface area contributed by atoms with Crippen LogP contribution < -0.4 is 20.7 Å². The number of nitrogens with zero attached hydrogens (tertiary/aromatic N) is 2. The number of nitrogens with one attached hydrogen (secondary N) is 3. The molecule has 1 atom stereocenters. The van der Waals surface area contributed by atoms with Gasteiger partial charge in [-0.15, -0.1) is 0 Å². The third kappa shape index (κ3) is 6.43. The number of aryl methyl sites for hydroxylation is 1. The standard InChI is InChI=1S/C19H25N5O2/c1-14-7-4-5-9-17(14)26-15(2)11-22-19(20-3)23-13-18(25)24-16-8-6-10-21-12-16/h4-10,12,15H,11,13H2,1-3H3,(H,24,25)(H2,20,22,23). The van der Waals surface area contributed by atoms with Gasteiger partial charge in [0.15, 0.2) is 5.96 Å². The number of anilines is 1. The van der Waals surface area contributed by atoms with Crippen molar-refractivity contribution in [2.75, 3.05) is 25.5 Å². The Morgan fingerprint density at radius 2 is 2.04 bits per heavy atom. The molecule has 1 aromatic carbocycles. The molecule has 0 saturated heterocycles. The molecule has 0 bridgehead atoms. The van der Waals surface area contributed by atoms with E-state index < -0.39 is 0 Å². The van der Waals surface area contributed by atoms with Gasteiger partial charge in [-0.2, -0.15) is 0 Å². The summed E-state index contributed by atoms with van der Waals surface area (Å²) in [6.45, 7) is 4.64. The Hall–Kier alpha value is -3.09. The molecule has 0 aliphatic rings. The van der Waals surface area contributed by atoms with E-state index in [4.69, 9.17) is 4.74 Å². The minimum atomic E-state index is -0.176. The molecule has 2 aromatic rings. The van der Waals surface area contributed by atoms with E-state index in [1.54, 1.807) is 31.6 Å². The van der Waals surface area contributed by atoms with Crippen molar-refractivity contribution in [3.05, 3.63) is 54.4 Å². The number of ether oxygens (including phenoxy) is 1. The largest absolute Gasteiger partial charge is 0.489 e. The number of aromatic nitrogens is 1. The number of para-hydroxylation sites is 1. The normalized spacial score (nSPS) is 12.2. The molecule has 3 N–H and O–H groups in total. The lowest BCUT2D eigenvalue weighted by Gasteiger charge is -2.18. The van der Waals surface area contributed by atoms with E-state index in [2.05, 4.69) is 25.9 Å². The molecule has 0 spiro atoms. The van der Waals surface area contributed by atoms with Crippen LogP contribution in [0.3, 0.4) is 0 Å². The molecule has 1 heterocycles. The molecule has 0 aliphatic carbocycles. The van der Waals surface area contributed by atoms with Crippen LogP contribution in [-0.2, 0) is 4.79 Å². The van der Waals surface area contributed by atoms with Crippen molar-refractivity contribution < 1.29 is 9.53 Å². The van der Waals surface area contributed by atoms with E-state index in [9.17, 15) is 4.79 Å². The van der Waals surface area contributed by atoms with Crippen molar-refractivity contribution in [1.82, 2.24) is 15.6 Å². The summed E-state index contributed by atoms with van der Waals surface area (Å²) in [6.07, 6.45) is 3.19. The molecule has 138 valence electrons. The van der Waals surface area contributed by atoms with Crippen LogP contribution in [0.25, 0.3) is 0 Å². The van der Waals surface area contributed by atoms with Crippen LogP contribution in [-0.4, -0.2) is 43.1 Å². The molecular weight excluding hydrogens is 330 g/mol. The van der Waals surface area contributed by atoms with Crippen molar-refractivity contribution in [1.29, 1.82) is 0 Å². The van der Waals surface area contributed by atoms with Crippen LogP contribution in [0, 0.1) is 6.92 Å². The van der Waals surface area contributed by atoms with Gasteiger partial charge in [-0.05, 0) is 37.6 Å². The highest BCUT2D eigenvalue weighted by atomic mass is 16.5. The van der Waals surface area contributed by atoms with Gasteiger partial charge >= 0.3 is 0 Å². The minimum Gasteiger partial charge on any atom is -0.489 e. The SMILES string of the molecule is CN=C(NCC(=O)Nc1cccnc1)NCC(C)Oc1ccccc1C. The number of guanidine groups is 1. The van der Waals surface area contributed by atoms with Crippen LogP contribution in [0.5, 0.6) is 5.75 Å². The summed E-state index contributed by atoms with van der Waals surface area (Å²) in [6, 6.07) is 11.4. The van der Waals surface area contributed by atoms with E-state index in [-0.39, 0.29) is 18.6 Å². The average Bonchev–Trinajstić information content (AvgIpc) is 2.64. The highest BCUT2D eigenvalue weighted by Crippen LogP contribution is 2.17. The Kier molecular flexibility index (Phi) is 7.42. The second-order valence-electron chi connectivity index (χ2n) is 5.79. The molecule has 2 rings (SSSR count). The van der Waals surface area contributed by atoms with Crippen molar-refractivity contribution in [2.45, 2.75) is 20.0 Å². The molecule has 0 fully saturated rings. The number of aliphatic imine (C=N–C) groups is 1. The monoisotopic (exact) mass is 355 g/mol. The molecule has 0 aliphatic heterocycles. The predicted octanol–water partition coefficient (Wildman–Crippen LogP) is 1.96. The van der Waals surface area contributed by atoms with Gasteiger partial charge < -0.3 is 20.7 Å². The summed E-state index contributed by atoms with van der Waals surface area (Å²) >= 11 is 0. The van der Waals surface area contributed by atoms with Gasteiger partial charge in [-0.3, -0.25) is 14.8 Å². The number of hydrogen-bond acceptors (Lipinski definition) is 4. The Labute approximate surface area is 153 Å². The average molecular weight is 355 g/mol. The summed E-state index contributed by atoms with van der Waals surface area (Å²) in [5.74, 6) is 1.22. The van der Waals surface area contributed by atoms with Crippen molar-refractivity contribution in [3.8, 4) is 5.75 Å². The number of amides is 1. The molecule has 0 radical (unpaired) electrons. The highest BCUT2D eigenvalue weighted by Gasteiger charge is 2.08. The lowest BCUT2D eigenvalue weighted by atomic mass is 10.2. The van der Waals surface area contributed by atoms with Gasteiger partial charge in [0.2, 0.25) is 5.91 Å². The molecule has 1 aromatic heterocycles. The van der Waals surface area contributed by atoms with E-state index in [1.807, 2.05) is 38.1 Å². The first-order chi connectivity index (χ1) is 12.6. The van der Waals surface area contributed by atoms with Crippen molar-refractivity contribution in [2.24, 2.45) is 4.99 Å². The number of carbonyl (C=O) groups is 1. The zero-order chi connectivity index (χ0) is 18.8. The summed E-state index contributed by atoms with van der Waals surface area (Å²) in [7, 11) is 1.65. The number of hydrogen-bond donors (Lipinski definition) is 3. The topological polar surface area (TPSA) is 87.6 Å². The molecule has 7 heteroatoms. The molecule has 7 nitrogen and oxygen atoms in total. The van der Waals surface area contributed by atoms with Gasteiger partial charge in [-0.25, -0.2) is 0 Å². The van der Waals surface area contributed by atoms with E-state index >= 15 is 0 Å². The fraction of sp³-hybridized carbons (Fsp3) is 0.316. The van der Waals surface area contributed by atoms with E-state index in [0.717, 1.165) is 11.3 Å². The van der Waals surface area contributed by atoms with Crippen LogP contribution in [0.2, 0.25) is 0 Å². The van der Waals surface area contributed by atoms with Crippen molar-refractivity contribution in [3.63, 3.8) is 0 Å². The molecular formula is C19H25N5O2. The maximum Gasteiger partial charge on any atom is 0.243 e. The summed E-state index contributed by atoms with van der Waals surface area (Å²) < 4.78 is 5.91. The Morgan fingerprint density at radius 3 is 2.73 bits per heavy atom. The maximum atomic E-state index is 11.9. The zero-order valence-corrected chi connectivity index (χ0v) is 15.3. The number of pyridine rings is 1. The number of rotatable bonds is 7. The second-order valence-corrected chi connectivity index (χ2v) is 5.79. The summed E-state index contributed by atoms with van der Waals surface area (Å²) in [4.78, 5) is 20.0. The van der Waals surface area contributed by atoms with Crippen LogP contribution in [0.1, 0.15) is 12.5 Å². The van der Waals surface area contributed by atoms with Gasteiger partial charge in [0.05, 0.1) is 25.0 Å². The maximum absolute atomic E-state index is 11.9. The molecule has 26 heavy (non-hydrogen) atoms. The van der Waals surface area contributed by atoms with E-state index in [0.29, 0.717) is 18.2 Å². The fourth-order valence-electron chi connectivity index (χ4n) is 2.21. The third-order valence-electron chi connectivity index (χ3n) is 3.56. The van der Waals surface area contributed by atoms with Gasteiger partial charge in [0, 0.05) is 13.2 Å². The fourth-order valence-corrected chi connectivity index (χ4v) is 2.21.